The van der Waals surface area contributed by atoms with E-state index in [4.69, 9.17) is 0 Å². The topological polar surface area (TPSA) is 23.5 Å². The third kappa shape index (κ3) is 5.67. The third-order valence-corrected chi connectivity index (χ3v) is 6.35. The van der Waals surface area contributed by atoms with Crippen LogP contribution in [0.5, 0.6) is 0 Å². The minimum atomic E-state index is 0.0511. The lowest BCUT2D eigenvalue weighted by Crippen LogP contribution is -2.20. The maximum absolute atomic E-state index is 10.0. The van der Waals surface area contributed by atoms with Crippen molar-refractivity contribution in [3.63, 3.8) is 0 Å². The molecule has 36 heavy (non-hydrogen) atoms. The second kappa shape index (κ2) is 11.4. The molecule has 0 spiro atoms. The lowest BCUT2D eigenvalue weighted by atomic mass is 9.92. The fourth-order valence-electron chi connectivity index (χ4n) is 4.56. The number of hydrogen-bond donors (Lipinski definition) is 1. The zero-order valence-corrected chi connectivity index (χ0v) is 21.1. The Bertz CT molecular complexity index is 1380. The highest BCUT2D eigenvalue weighted by atomic mass is 16.3. The van der Waals surface area contributed by atoms with Crippen molar-refractivity contribution in [1.29, 1.82) is 0 Å². The number of allylic oxidation sites excluding steroid dienone is 2. The first-order valence-corrected chi connectivity index (χ1v) is 12.3. The van der Waals surface area contributed by atoms with Gasteiger partial charge in [-0.2, -0.15) is 0 Å². The molecule has 0 saturated heterocycles. The number of aryl methyl sites for hydroxylation is 2. The van der Waals surface area contributed by atoms with Crippen LogP contribution in [0.1, 0.15) is 36.1 Å². The summed E-state index contributed by atoms with van der Waals surface area (Å²) in [6.45, 7) is 12.1. The van der Waals surface area contributed by atoms with Crippen molar-refractivity contribution < 1.29 is 5.11 Å². The molecule has 1 N–H and O–H groups in total. The van der Waals surface area contributed by atoms with Crippen LogP contribution in [0.4, 0.5) is 5.69 Å². The van der Waals surface area contributed by atoms with Crippen LogP contribution >= 0.6 is 0 Å². The molecule has 0 aliphatic rings. The maximum Gasteiger partial charge on any atom is 0.115 e. The summed E-state index contributed by atoms with van der Waals surface area (Å²) in [5.41, 5.74) is 9.71. The number of benzene rings is 4. The monoisotopic (exact) mass is 471 g/mol. The summed E-state index contributed by atoms with van der Waals surface area (Å²) in [6, 6.07) is 35.6. The number of anilines is 1. The molecule has 2 heteroatoms. The Morgan fingerprint density at radius 2 is 1.47 bits per heavy atom. The zero-order chi connectivity index (χ0) is 25.5. The van der Waals surface area contributed by atoms with Gasteiger partial charge in [-0.15, -0.1) is 0 Å². The minimum Gasteiger partial charge on any atom is -0.508 e. The van der Waals surface area contributed by atoms with Gasteiger partial charge in [-0.3, -0.25) is 0 Å². The van der Waals surface area contributed by atoms with Crippen LogP contribution in [0.2, 0.25) is 0 Å². The van der Waals surface area contributed by atoms with Crippen molar-refractivity contribution in [1.82, 2.24) is 0 Å². The summed E-state index contributed by atoms with van der Waals surface area (Å²) >= 11 is 0. The zero-order valence-electron chi connectivity index (χ0n) is 21.1. The van der Waals surface area contributed by atoms with Crippen molar-refractivity contribution in [2.24, 2.45) is 0 Å². The van der Waals surface area contributed by atoms with Gasteiger partial charge in [-0.05, 0) is 67.1 Å². The number of aliphatic hydroxyl groups is 1. The second-order valence-electron chi connectivity index (χ2n) is 8.97. The largest absolute Gasteiger partial charge is 0.508 e. The van der Waals surface area contributed by atoms with Gasteiger partial charge in [0.25, 0.3) is 0 Å². The molecule has 2 nitrogen and oxygen atoms in total. The van der Waals surface area contributed by atoms with E-state index < -0.39 is 0 Å². The molecule has 0 bridgehead atoms. The van der Waals surface area contributed by atoms with Gasteiger partial charge in [0.1, 0.15) is 5.76 Å². The highest BCUT2D eigenvalue weighted by molar-refractivity contribution is 5.86. The van der Waals surface area contributed by atoms with Gasteiger partial charge in [-0.1, -0.05) is 104 Å². The molecule has 0 amide bonds. The van der Waals surface area contributed by atoms with Gasteiger partial charge in [0.2, 0.25) is 0 Å². The molecule has 0 atom stereocenters. The van der Waals surface area contributed by atoms with Crippen LogP contribution < -0.4 is 4.90 Å². The van der Waals surface area contributed by atoms with Gasteiger partial charge in [0, 0.05) is 28.2 Å². The molecule has 180 valence electrons. The highest BCUT2D eigenvalue weighted by Gasteiger charge is 2.19. The normalized spacial score (nSPS) is 11.2. The standard InChI is InChI=1S/C34H33NO/c1-5-34(35(25(2)3)32-18-12-17-30(23-32)26(4)36)33-24-31(28-15-10-7-11-16-28)22-21-29(33)20-19-27-13-8-6-9-14-27/h5-18,21-24,36H,2,4,19-20H2,1,3H3/b34-5-. The van der Waals surface area contributed by atoms with Gasteiger partial charge < -0.3 is 10.0 Å². The second-order valence-corrected chi connectivity index (χ2v) is 8.97. The van der Waals surface area contributed by atoms with Crippen molar-refractivity contribution >= 4 is 17.1 Å². The summed E-state index contributed by atoms with van der Waals surface area (Å²) < 4.78 is 0. The lowest BCUT2D eigenvalue weighted by Gasteiger charge is -2.30. The first kappa shape index (κ1) is 24.8. The molecule has 0 radical (unpaired) electrons. The van der Waals surface area contributed by atoms with E-state index in [-0.39, 0.29) is 5.76 Å². The summed E-state index contributed by atoms with van der Waals surface area (Å²) in [7, 11) is 0. The average molecular weight is 472 g/mol. The molecule has 4 rings (SSSR count). The first-order chi connectivity index (χ1) is 17.5. The number of aliphatic hydroxyl groups excluding tert-OH is 1. The fraction of sp³-hybridized carbons (Fsp3) is 0.118. The van der Waals surface area contributed by atoms with Crippen molar-refractivity contribution in [3.05, 3.63) is 150 Å². The lowest BCUT2D eigenvalue weighted by molar-refractivity contribution is 0.514. The van der Waals surface area contributed by atoms with Gasteiger partial charge in [0.05, 0.1) is 0 Å². The van der Waals surface area contributed by atoms with Gasteiger partial charge >= 0.3 is 0 Å². The van der Waals surface area contributed by atoms with E-state index in [1.807, 2.05) is 37.3 Å². The Kier molecular flexibility index (Phi) is 7.87. The summed E-state index contributed by atoms with van der Waals surface area (Å²) in [6.07, 6.45) is 4.02. The van der Waals surface area contributed by atoms with Crippen LogP contribution in [0, 0.1) is 0 Å². The van der Waals surface area contributed by atoms with Gasteiger partial charge in [0.15, 0.2) is 0 Å². The van der Waals surface area contributed by atoms with Crippen LogP contribution in [-0.4, -0.2) is 5.11 Å². The smallest absolute Gasteiger partial charge is 0.115 e. The van der Waals surface area contributed by atoms with Crippen LogP contribution in [0.25, 0.3) is 22.6 Å². The Hall–Kier alpha value is -4.30. The van der Waals surface area contributed by atoms with E-state index >= 15 is 0 Å². The molecular weight excluding hydrogens is 438 g/mol. The van der Waals surface area contributed by atoms with Crippen molar-refractivity contribution in [2.75, 3.05) is 4.90 Å². The number of rotatable bonds is 9. The minimum absolute atomic E-state index is 0.0511. The molecule has 0 fully saturated rings. The summed E-state index contributed by atoms with van der Waals surface area (Å²) in [5.74, 6) is 0.0511. The average Bonchev–Trinajstić information content (AvgIpc) is 2.91. The van der Waals surface area contributed by atoms with E-state index in [9.17, 15) is 5.11 Å². The van der Waals surface area contributed by atoms with Crippen molar-refractivity contribution in [2.45, 2.75) is 26.7 Å². The van der Waals surface area contributed by atoms with E-state index in [1.54, 1.807) is 0 Å². The Labute approximate surface area is 215 Å². The number of nitrogens with zero attached hydrogens (tertiary/aromatic N) is 1. The van der Waals surface area contributed by atoms with E-state index in [0.717, 1.165) is 29.9 Å². The molecule has 0 aliphatic heterocycles. The molecule has 0 aromatic heterocycles. The summed E-state index contributed by atoms with van der Waals surface area (Å²) in [4.78, 5) is 2.16. The van der Waals surface area contributed by atoms with Gasteiger partial charge in [-0.25, -0.2) is 0 Å². The first-order valence-electron chi connectivity index (χ1n) is 12.3. The van der Waals surface area contributed by atoms with Crippen LogP contribution in [-0.2, 0) is 12.8 Å². The third-order valence-electron chi connectivity index (χ3n) is 6.35. The Balaban J connectivity index is 1.82. The molecule has 0 heterocycles. The maximum atomic E-state index is 10.0. The van der Waals surface area contributed by atoms with Crippen molar-refractivity contribution in [3.8, 4) is 11.1 Å². The summed E-state index contributed by atoms with van der Waals surface area (Å²) in [5, 5.41) is 10.0. The van der Waals surface area contributed by atoms with Crippen LogP contribution in [0.3, 0.4) is 0 Å². The molecular formula is C34H33NO. The van der Waals surface area contributed by atoms with E-state index in [0.29, 0.717) is 5.56 Å². The quantitative estimate of drug-likeness (QED) is 0.246. The molecule has 0 aliphatic carbocycles. The Morgan fingerprint density at radius 3 is 2.11 bits per heavy atom. The molecule has 0 saturated carbocycles. The predicted molar refractivity (Wildman–Crippen MR) is 155 cm³/mol. The highest BCUT2D eigenvalue weighted by Crippen LogP contribution is 2.35. The number of hydrogen-bond acceptors (Lipinski definition) is 2. The fourth-order valence-corrected chi connectivity index (χ4v) is 4.56. The molecule has 4 aromatic rings. The van der Waals surface area contributed by atoms with E-state index in [1.165, 1.54) is 27.8 Å². The Morgan fingerprint density at radius 1 is 0.778 bits per heavy atom. The molecule has 0 unspecified atom stereocenters. The predicted octanol–water partition coefficient (Wildman–Crippen LogP) is 9.07. The van der Waals surface area contributed by atoms with Crippen LogP contribution in [0.15, 0.2) is 128 Å². The van der Waals surface area contributed by atoms with E-state index in [2.05, 4.69) is 104 Å². The SMILES string of the molecule is C=C(O)c1cccc(N(C(=C)C)/C(=C\C)c2cc(-c3ccccc3)ccc2CCc2ccccc2)c1. The molecule has 4 aromatic carbocycles.